The van der Waals surface area contributed by atoms with Crippen molar-refractivity contribution >= 4 is 19.3 Å². The normalized spacial score (nSPS) is 17.5. The quantitative estimate of drug-likeness (QED) is 0.384. The van der Waals surface area contributed by atoms with Crippen LogP contribution in [0.15, 0.2) is 66.3 Å². The van der Waals surface area contributed by atoms with Crippen LogP contribution in [0.5, 0.6) is 5.88 Å². The van der Waals surface area contributed by atoms with Crippen LogP contribution in [0.4, 0.5) is 4.79 Å². The number of alkyl carbamates (subject to hydrolysis) is 1. The Kier molecular flexibility index (Phi) is 7.27. The van der Waals surface area contributed by atoms with Gasteiger partial charge in [0.1, 0.15) is 6.61 Å². The summed E-state index contributed by atoms with van der Waals surface area (Å²) in [5, 5.41) is 2.91. The smallest absolute Gasteiger partial charge is 0.481 e. The number of fused-ring (bicyclic) bond motifs is 3. The van der Waals surface area contributed by atoms with E-state index in [0.29, 0.717) is 5.88 Å². The molecule has 0 radical (unpaired) electrons. The second-order valence-corrected chi connectivity index (χ2v) is 11.1. The fourth-order valence-corrected chi connectivity index (χ4v) is 5.02. The van der Waals surface area contributed by atoms with Crippen LogP contribution in [0.3, 0.4) is 0 Å². The van der Waals surface area contributed by atoms with Crippen LogP contribution in [-0.2, 0) is 14.0 Å². The summed E-state index contributed by atoms with van der Waals surface area (Å²) in [5.74, 6) is 0.535. The van der Waals surface area contributed by atoms with E-state index in [1.165, 1.54) is 22.3 Å². The summed E-state index contributed by atoms with van der Waals surface area (Å²) in [6, 6.07) is 18.4. The number of carbonyl (C=O) groups excluding carboxylic acids is 1. The van der Waals surface area contributed by atoms with Crippen molar-refractivity contribution < 1.29 is 23.6 Å². The number of amides is 1. The molecule has 1 fully saturated rings. The maximum absolute atomic E-state index is 12.9. The predicted molar refractivity (Wildman–Crippen MR) is 153 cm³/mol. The number of hydrogen-bond acceptors (Lipinski definition) is 6. The van der Waals surface area contributed by atoms with Crippen LogP contribution in [0, 0.1) is 6.92 Å². The number of methoxy groups -OCH3 is 1. The van der Waals surface area contributed by atoms with Gasteiger partial charge in [0.05, 0.1) is 18.3 Å². The zero-order valence-electron chi connectivity index (χ0n) is 23.4. The van der Waals surface area contributed by atoms with Gasteiger partial charge in [-0.15, -0.1) is 0 Å². The number of hydrogen-bond donors (Lipinski definition) is 1. The van der Waals surface area contributed by atoms with E-state index >= 15 is 0 Å². The Balaban J connectivity index is 1.31. The van der Waals surface area contributed by atoms with Gasteiger partial charge in [-0.1, -0.05) is 54.6 Å². The van der Waals surface area contributed by atoms with Gasteiger partial charge in [0.15, 0.2) is 0 Å². The Morgan fingerprint density at radius 3 is 2.18 bits per heavy atom. The van der Waals surface area contributed by atoms with Crippen molar-refractivity contribution in [3.8, 4) is 17.0 Å². The average Bonchev–Trinajstić information content (AvgIpc) is 3.35. The van der Waals surface area contributed by atoms with E-state index in [-0.39, 0.29) is 19.1 Å². The van der Waals surface area contributed by atoms with E-state index in [0.717, 1.165) is 16.6 Å². The van der Waals surface area contributed by atoms with Gasteiger partial charge >= 0.3 is 13.2 Å². The minimum atomic E-state index is -0.634. The molecular formula is C31H35BN2O5. The monoisotopic (exact) mass is 526 g/mol. The molecule has 39 heavy (non-hydrogen) atoms. The number of rotatable bonds is 7. The minimum absolute atomic E-state index is 0.00529. The highest BCUT2D eigenvalue weighted by atomic mass is 16.7. The van der Waals surface area contributed by atoms with Gasteiger partial charge in [0, 0.05) is 24.7 Å². The van der Waals surface area contributed by atoms with Gasteiger partial charge in [-0.05, 0) is 73.5 Å². The third-order valence-corrected chi connectivity index (χ3v) is 8.01. The lowest BCUT2D eigenvalue weighted by atomic mass is 9.77. The summed E-state index contributed by atoms with van der Waals surface area (Å²) in [4.78, 5) is 17.3. The number of aryl methyl sites for hydroxylation is 1. The third-order valence-electron chi connectivity index (χ3n) is 8.01. The van der Waals surface area contributed by atoms with Gasteiger partial charge in [-0.3, -0.25) is 0 Å². The maximum atomic E-state index is 12.9. The molecule has 2 aliphatic rings. The van der Waals surface area contributed by atoms with Crippen molar-refractivity contribution in [3.05, 3.63) is 88.5 Å². The van der Waals surface area contributed by atoms with Crippen LogP contribution in [0.1, 0.15) is 55.9 Å². The number of carbonyl (C=O) groups is 1. The zero-order valence-corrected chi connectivity index (χ0v) is 23.4. The number of nitrogens with one attached hydrogen (secondary N) is 1. The highest BCUT2D eigenvalue weighted by Gasteiger charge is 2.52. The van der Waals surface area contributed by atoms with E-state index in [2.05, 4.69) is 34.6 Å². The first-order chi connectivity index (χ1) is 18.6. The Labute approximate surface area is 230 Å². The number of aromatic nitrogens is 1. The molecule has 0 spiro atoms. The first kappa shape index (κ1) is 27.0. The first-order valence-electron chi connectivity index (χ1n) is 13.3. The standard InChI is InChI=1S/C31H35BN2O5/c1-20-15-28(36-6)33-17-21(20)16-22(32-38-30(2,3)31(4,5)39-32)18-34-29(35)37-19-27-25-13-9-7-11-23(25)24-12-8-10-14-26(24)27/h7-17,27H,18-19H2,1-6H3,(H,34,35). The van der Waals surface area contributed by atoms with Gasteiger partial charge in [-0.2, -0.15) is 0 Å². The summed E-state index contributed by atoms with van der Waals surface area (Å²) in [7, 11) is 0.955. The van der Waals surface area contributed by atoms with E-state index < -0.39 is 24.4 Å². The second kappa shape index (κ2) is 10.5. The fraction of sp³-hybridized carbons (Fsp3) is 0.355. The lowest BCUT2D eigenvalue weighted by Gasteiger charge is -2.32. The zero-order chi connectivity index (χ0) is 27.8. The fourth-order valence-electron chi connectivity index (χ4n) is 5.02. The largest absolute Gasteiger partial charge is 0.492 e. The molecule has 1 amide bonds. The molecule has 8 heteroatoms. The van der Waals surface area contributed by atoms with Gasteiger partial charge in [-0.25, -0.2) is 9.78 Å². The predicted octanol–water partition coefficient (Wildman–Crippen LogP) is 5.95. The molecule has 5 rings (SSSR count). The maximum Gasteiger partial charge on any atom is 0.492 e. The van der Waals surface area contributed by atoms with Crippen LogP contribution >= 0.6 is 0 Å². The SMILES string of the molecule is COc1cc(C)c(C=C(CNC(=O)OCC2c3ccccc3-c3ccccc32)B2OC(C)(C)C(C)(C)O2)cn1. The Hall–Kier alpha value is -3.62. The molecule has 2 aromatic carbocycles. The second-order valence-electron chi connectivity index (χ2n) is 11.1. The lowest BCUT2D eigenvalue weighted by molar-refractivity contribution is 0.00578. The number of nitrogens with zero attached hydrogens (tertiary/aromatic N) is 1. The highest BCUT2D eigenvalue weighted by Crippen LogP contribution is 2.44. The summed E-state index contributed by atoms with van der Waals surface area (Å²) in [6.07, 6.45) is 3.20. The molecule has 1 aromatic heterocycles. The average molecular weight is 526 g/mol. The Bertz CT molecular complexity index is 1360. The van der Waals surface area contributed by atoms with Gasteiger partial charge in [0.25, 0.3) is 0 Å². The van der Waals surface area contributed by atoms with Crippen molar-refractivity contribution in [3.63, 3.8) is 0 Å². The topological polar surface area (TPSA) is 78.9 Å². The van der Waals surface area contributed by atoms with Crippen molar-refractivity contribution in [2.75, 3.05) is 20.3 Å². The molecule has 0 unspecified atom stereocenters. The number of pyridine rings is 1. The minimum Gasteiger partial charge on any atom is -0.481 e. The van der Waals surface area contributed by atoms with Crippen LogP contribution in [0.2, 0.25) is 0 Å². The molecule has 1 aliphatic heterocycles. The van der Waals surface area contributed by atoms with Crippen molar-refractivity contribution in [1.29, 1.82) is 0 Å². The third kappa shape index (κ3) is 5.31. The number of benzene rings is 2. The van der Waals surface area contributed by atoms with Crippen LogP contribution in [-0.4, -0.2) is 49.7 Å². The Morgan fingerprint density at radius 2 is 1.62 bits per heavy atom. The summed E-state index contributed by atoms with van der Waals surface area (Å²) >= 11 is 0. The van der Waals surface area contributed by atoms with E-state index in [9.17, 15) is 4.79 Å². The molecule has 7 nitrogen and oxygen atoms in total. The molecule has 3 aromatic rings. The molecule has 1 saturated heterocycles. The van der Waals surface area contributed by atoms with E-state index in [1.54, 1.807) is 13.3 Å². The summed E-state index contributed by atoms with van der Waals surface area (Å²) in [5.41, 5.74) is 6.32. The van der Waals surface area contributed by atoms with Gasteiger partial charge in [0.2, 0.25) is 5.88 Å². The molecule has 0 atom stereocenters. The molecule has 1 aliphatic carbocycles. The Morgan fingerprint density at radius 1 is 1.03 bits per heavy atom. The highest BCUT2D eigenvalue weighted by molar-refractivity contribution is 6.56. The van der Waals surface area contributed by atoms with E-state index in [1.807, 2.05) is 71.0 Å². The molecule has 202 valence electrons. The summed E-state index contributed by atoms with van der Waals surface area (Å²) in [6.45, 7) is 10.4. The molecular weight excluding hydrogens is 491 g/mol. The lowest BCUT2D eigenvalue weighted by Crippen LogP contribution is -2.41. The molecule has 1 N–H and O–H groups in total. The molecule has 0 saturated carbocycles. The van der Waals surface area contributed by atoms with Crippen molar-refractivity contribution in [1.82, 2.24) is 10.3 Å². The van der Waals surface area contributed by atoms with Crippen LogP contribution in [0.25, 0.3) is 17.2 Å². The molecule has 2 heterocycles. The molecule has 0 bridgehead atoms. The van der Waals surface area contributed by atoms with Crippen molar-refractivity contribution in [2.24, 2.45) is 0 Å². The van der Waals surface area contributed by atoms with Gasteiger partial charge < -0.3 is 24.1 Å². The van der Waals surface area contributed by atoms with Crippen LogP contribution < -0.4 is 10.1 Å². The summed E-state index contributed by atoms with van der Waals surface area (Å²) < 4.78 is 23.6. The van der Waals surface area contributed by atoms with E-state index in [4.69, 9.17) is 18.8 Å². The first-order valence-corrected chi connectivity index (χ1v) is 13.3. The van der Waals surface area contributed by atoms with Crippen molar-refractivity contribution in [2.45, 2.75) is 51.7 Å². The number of ether oxygens (including phenoxy) is 2.